The van der Waals surface area contributed by atoms with Crippen LogP contribution in [0.15, 0.2) is 18.5 Å². The molecule has 1 aromatic heterocycles. The summed E-state index contributed by atoms with van der Waals surface area (Å²) >= 11 is 0. The van der Waals surface area contributed by atoms with Crippen molar-refractivity contribution in [2.75, 3.05) is 33.2 Å². The Labute approximate surface area is 101 Å². The molecule has 1 aliphatic heterocycles. The minimum absolute atomic E-state index is 0.117. The number of nitrogens with zero attached hydrogens (tertiary/aromatic N) is 3. The Balaban J connectivity index is 1.90. The molecule has 0 radical (unpaired) electrons. The van der Waals surface area contributed by atoms with E-state index in [2.05, 4.69) is 11.9 Å². The molecular formula is C12H17N3O2. The smallest absolute Gasteiger partial charge is 0.242 e. The molecule has 0 aromatic carbocycles. The van der Waals surface area contributed by atoms with E-state index in [0.29, 0.717) is 12.1 Å². The van der Waals surface area contributed by atoms with E-state index >= 15 is 0 Å². The van der Waals surface area contributed by atoms with E-state index in [0.717, 1.165) is 32.5 Å². The number of aromatic nitrogens is 1. The van der Waals surface area contributed by atoms with Gasteiger partial charge in [0.1, 0.15) is 6.54 Å². The molecule has 1 fully saturated rings. The molecular weight excluding hydrogens is 218 g/mol. The monoisotopic (exact) mass is 235 g/mol. The maximum absolute atomic E-state index is 12.0. The Morgan fingerprint density at radius 2 is 2.06 bits per heavy atom. The van der Waals surface area contributed by atoms with Crippen molar-refractivity contribution < 1.29 is 9.59 Å². The van der Waals surface area contributed by atoms with Crippen LogP contribution < -0.4 is 0 Å². The molecule has 0 spiro atoms. The Kier molecular flexibility index (Phi) is 3.58. The first kappa shape index (κ1) is 11.9. The van der Waals surface area contributed by atoms with E-state index in [9.17, 15) is 9.59 Å². The number of carbonyl (C=O) groups excluding carboxylic acids is 2. The lowest BCUT2D eigenvalue weighted by Crippen LogP contribution is -2.48. The topological polar surface area (TPSA) is 45.5 Å². The molecule has 0 unspecified atom stereocenters. The third-order valence-electron chi connectivity index (χ3n) is 3.08. The highest BCUT2D eigenvalue weighted by atomic mass is 16.2. The first-order valence-electron chi connectivity index (χ1n) is 5.76. The molecule has 2 heterocycles. The summed E-state index contributed by atoms with van der Waals surface area (Å²) in [5, 5.41) is 0. The number of piperazine rings is 1. The maximum atomic E-state index is 12.0. The van der Waals surface area contributed by atoms with Crippen LogP contribution in [0.5, 0.6) is 0 Å². The summed E-state index contributed by atoms with van der Waals surface area (Å²) in [7, 11) is 2.06. The van der Waals surface area contributed by atoms with Gasteiger partial charge >= 0.3 is 0 Å². The number of aldehydes is 1. The van der Waals surface area contributed by atoms with Crippen molar-refractivity contribution in [3.8, 4) is 0 Å². The van der Waals surface area contributed by atoms with Gasteiger partial charge in [0, 0.05) is 44.1 Å². The summed E-state index contributed by atoms with van der Waals surface area (Å²) in [5.41, 5.74) is 0.608. The highest BCUT2D eigenvalue weighted by Crippen LogP contribution is 2.03. The van der Waals surface area contributed by atoms with E-state index in [1.807, 2.05) is 4.90 Å². The first-order valence-corrected chi connectivity index (χ1v) is 5.76. The second-order valence-electron chi connectivity index (χ2n) is 4.42. The van der Waals surface area contributed by atoms with Gasteiger partial charge in [0.2, 0.25) is 5.91 Å². The van der Waals surface area contributed by atoms with E-state index in [-0.39, 0.29) is 5.91 Å². The average molecular weight is 235 g/mol. The van der Waals surface area contributed by atoms with Gasteiger partial charge in [0.15, 0.2) is 6.29 Å². The van der Waals surface area contributed by atoms with Gasteiger partial charge in [0.25, 0.3) is 0 Å². The minimum Gasteiger partial charge on any atom is -0.344 e. The molecule has 0 atom stereocenters. The summed E-state index contributed by atoms with van der Waals surface area (Å²) in [6, 6.07) is 1.71. The number of likely N-dealkylation sites (N-methyl/N-ethyl adjacent to an activating group) is 1. The van der Waals surface area contributed by atoms with Crippen LogP contribution in [0.25, 0.3) is 0 Å². The molecule has 92 valence electrons. The van der Waals surface area contributed by atoms with Crippen LogP contribution in [0.3, 0.4) is 0 Å². The number of amides is 1. The van der Waals surface area contributed by atoms with Crippen LogP contribution in [0.4, 0.5) is 0 Å². The third-order valence-corrected chi connectivity index (χ3v) is 3.08. The second kappa shape index (κ2) is 5.14. The predicted molar refractivity (Wildman–Crippen MR) is 63.9 cm³/mol. The number of rotatable bonds is 3. The standard InChI is InChI=1S/C12H17N3O2/c1-13-4-6-15(7-5-13)12(17)9-14-3-2-11(8-14)10-16/h2-3,8,10H,4-7,9H2,1H3. The highest BCUT2D eigenvalue weighted by Gasteiger charge is 2.18. The lowest BCUT2D eigenvalue weighted by Gasteiger charge is -2.32. The SMILES string of the molecule is CN1CCN(C(=O)Cn2ccc(C=O)c2)CC1. The van der Waals surface area contributed by atoms with E-state index < -0.39 is 0 Å². The Morgan fingerprint density at radius 1 is 1.35 bits per heavy atom. The van der Waals surface area contributed by atoms with Crippen molar-refractivity contribution in [3.63, 3.8) is 0 Å². The van der Waals surface area contributed by atoms with Crippen molar-refractivity contribution in [1.82, 2.24) is 14.4 Å². The van der Waals surface area contributed by atoms with Gasteiger partial charge in [0.05, 0.1) is 0 Å². The van der Waals surface area contributed by atoms with Crippen LogP contribution in [-0.2, 0) is 11.3 Å². The van der Waals surface area contributed by atoms with Gasteiger partial charge in [-0.3, -0.25) is 9.59 Å². The van der Waals surface area contributed by atoms with Gasteiger partial charge < -0.3 is 14.4 Å². The largest absolute Gasteiger partial charge is 0.344 e. The summed E-state index contributed by atoms with van der Waals surface area (Å²) in [6.45, 7) is 3.75. The van der Waals surface area contributed by atoms with E-state index in [1.165, 1.54) is 0 Å². The Hall–Kier alpha value is -1.62. The van der Waals surface area contributed by atoms with Crippen LogP contribution >= 0.6 is 0 Å². The average Bonchev–Trinajstić information content (AvgIpc) is 2.77. The van der Waals surface area contributed by atoms with Crippen molar-refractivity contribution in [3.05, 3.63) is 24.0 Å². The highest BCUT2D eigenvalue weighted by molar-refractivity contribution is 5.77. The van der Waals surface area contributed by atoms with Gasteiger partial charge in [-0.15, -0.1) is 0 Å². The van der Waals surface area contributed by atoms with Gasteiger partial charge in [-0.25, -0.2) is 0 Å². The van der Waals surface area contributed by atoms with Crippen molar-refractivity contribution >= 4 is 12.2 Å². The minimum atomic E-state index is 0.117. The van der Waals surface area contributed by atoms with Crippen molar-refractivity contribution in [2.45, 2.75) is 6.54 Å². The normalized spacial score (nSPS) is 17.1. The number of hydrogen-bond acceptors (Lipinski definition) is 3. The molecule has 2 rings (SSSR count). The van der Waals surface area contributed by atoms with Crippen LogP contribution in [0.2, 0.25) is 0 Å². The zero-order valence-electron chi connectivity index (χ0n) is 10.0. The van der Waals surface area contributed by atoms with Crippen LogP contribution in [-0.4, -0.2) is 59.8 Å². The Morgan fingerprint density at radius 3 is 2.65 bits per heavy atom. The predicted octanol–water partition coefficient (Wildman–Crippen LogP) is 0.0746. The molecule has 1 aromatic rings. The van der Waals surface area contributed by atoms with Gasteiger partial charge in [-0.2, -0.15) is 0 Å². The molecule has 17 heavy (non-hydrogen) atoms. The Bertz CT molecular complexity index is 406. The first-order chi connectivity index (χ1) is 8.19. The van der Waals surface area contributed by atoms with Gasteiger partial charge in [-0.05, 0) is 13.1 Å². The molecule has 0 N–H and O–H groups in total. The number of hydrogen-bond donors (Lipinski definition) is 0. The summed E-state index contributed by atoms with van der Waals surface area (Å²) in [6.07, 6.45) is 4.25. The van der Waals surface area contributed by atoms with E-state index in [1.54, 1.807) is 23.0 Å². The third kappa shape index (κ3) is 2.94. The summed E-state index contributed by atoms with van der Waals surface area (Å²) in [4.78, 5) is 26.6. The molecule has 5 nitrogen and oxygen atoms in total. The summed E-state index contributed by atoms with van der Waals surface area (Å²) < 4.78 is 1.75. The van der Waals surface area contributed by atoms with Crippen molar-refractivity contribution in [2.24, 2.45) is 0 Å². The zero-order chi connectivity index (χ0) is 12.3. The van der Waals surface area contributed by atoms with Gasteiger partial charge in [-0.1, -0.05) is 0 Å². The van der Waals surface area contributed by atoms with Crippen LogP contribution in [0, 0.1) is 0 Å². The molecule has 1 aliphatic rings. The maximum Gasteiger partial charge on any atom is 0.242 e. The summed E-state index contributed by atoms with van der Waals surface area (Å²) in [5.74, 6) is 0.117. The molecule has 1 amide bonds. The second-order valence-corrected chi connectivity index (χ2v) is 4.42. The quantitative estimate of drug-likeness (QED) is 0.697. The fraction of sp³-hybridized carbons (Fsp3) is 0.500. The zero-order valence-corrected chi connectivity index (χ0v) is 10.0. The molecule has 0 aliphatic carbocycles. The lowest BCUT2D eigenvalue weighted by molar-refractivity contribution is -0.133. The van der Waals surface area contributed by atoms with Crippen molar-refractivity contribution in [1.29, 1.82) is 0 Å². The molecule has 5 heteroatoms. The fourth-order valence-corrected chi connectivity index (χ4v) is 1.94. The number of carbonyl (C=O) groups is 2. The van der Waals surface area contributed by atoms with Crippen LogP contribution in [0.1, 0.15) is 10.4 Å². The fourth-order valence-electron chi connectivity index (χ4n) is 1.94. The van der Waals surface area contributed by atoms with E-state index in [4.69, 9.17) is 0 Å². The lowest BCUT2D eigenvalue weighted by atomic mass is 10.3. The molecule has 0 saturated carbocycles. The molecule has 1 saturated heterocycles. The molecule has 0 bridgehead atoms.